The molecule has 0 bridgehead atoms. The van der Waals surface area contributed by atoms with E-state index in [1.54, 1.807) is 11.9 Å². The lowest BCUT2D eigenvalue weighted by Crippen LogP contribution is -2.48. The number of piperidine rings is 1. The summed E-state index contributed by atoms with van der Waals surface area (Å²) >= 11 is 0. The number of hydrogen-bond acceptors (Lipinski definition) is 5. The smallest absolute Gasteiger partial charge is 0.433 e. The van der Waals surface area contributed by atoms with E-state index < -0.39 is 11.9 Å². The highest BCUT2D eigenvalue weighted by Crippen LogP contribution is 2.28. The molecule has 3 rings (SSSR count). The van der Waals surface area contributed by atoms with Gasteiger partial charge in [0.25, 0.3) is 0 Å². The molecule has 0 radical (unpaired) electrons. The van der Waals surface area contributed by atoms with E-state index >= 15 is 0 Å². The van der Waals surface area contributed by atoms with Crippen LogP contribution < -0.4 is 9.64 Å². The second-order valence-electron chi connectivity index (χ2n) is 6.61. The van der Waals surface area contributed by atoms with Crippen LogP contribution in [0, 0.1) is 0 Å². The molecule has 5 nitrogen and oxygen atoms in total. The van der Waals surface area contributed by atoms with Crippen LogP contribution in [-0.2, 0) is 6.18 Å². The molecular formula is C19H23F3N4O. The van der Waals surface area contributed by atoms with Crippen molar-refractivity contribution in [3.05, 3.63) is 48.3 Å². The first-order chi connectivity index (χ1) is 12.9. The Morgan fingerprint density at radius 2 is 2.00 bits per heavy atom. The number of likely N-dealkylation sites (tertiary alicyclic amines) is 1. The molecule has 2 heterocycles. The highest BCUT2D eigenvalue weighted by atomic mass is 19.4. The number of aromatic nitrogens is 2. The molecule has 8 heteroatoms. The zero-order valence-corrected chi connectivity index (χ0v) is 15.2. The molecule has 1 aliphatic rings. The van der Waals surface area contributed by atoms with Crippen molar-refractivity contribution in [1.82, 2.24) is 14.9 Å². The third-order valence-corrected chi connectivity index (χ3v) is 4.70. The van der Waals surface area contributed by atoms with Crippen LogP contribution in [0.3, 0.4) is 0 Å². The molecule has 1 aromatic carbocycles. The molecule has 1 fully saturated rings. The maximum absolute atomic E-state index is 12.9. The Balaban J connectivity index is 1.55. The number of hydrogen-bond donors (Lipinski definition) is 0. The van der Waals surface area contributed by atoms with E-state index in [0.29, 0.717) is 6.61 Å². The summed E-state index contributed by atoms with van der Waals surface area (Å²) in [5, 5.41) is 0. The SMILES string of the molecule is CN(c1nccc(C(F)(F)F)n1)C1CCCN(CCOc2ccccc2)C1. The van der Waals surface area contributed by atoms with E-state index in [0.717, 1.165) is 50.5 Å². The molecule has 1 unspecified atom stereocenters. The highest BCUT2D eigenvalue weighted by Gasteiger charge is 2.33. The first-order valence-electron chi connectivity index (χ1n) is 8.97. The van der Waals surface area contributed by atoms with E-state index in [1.165, 1.54) is 0 Å². The zero-order chi connectivity index (χ0) is 19.3. The Labute approximate surface area is 156 Å². The van der Waals surface area contributed by atoms with Gasteiger partial charge in [0.2, 0.25) is 5.95 Å². The molecule has 0 aliphatic carbocycles. The van der Waals surface area contributed by atoms with Gasteiger partial charge in [0.1, 0.15) is 18.1 Å². The molecule has 1 atom stereocenters. The second-order valence-corrected chi connectivity index (χ2v) is 6.61. The van der Waals surface area contributed by atoms with Crippen LogP contribution in [-0.4, -0.2) is 54.2 Å². The van der Waals surface area contributed by atoms with E-state index in [9.17, 15) is 13.2 Å². The minimum atomic E-state index is -4.47. The Hall–Kier alpha value is -2.35. The number of likely N-dealkylation sites (N-methyl/N-ethyl adjacent to an activating group) is 1. The lowest BCUT2D eigenvalue weighted by atomic mass is 10.0. The van der Waals surface area contributed by atoms with Crippen LogP contribution >= 0.6 is 0 Å². The summed E-state index contributed by atoms with van der Waals surface area (Å²) in [6.45, 7) is 3.03. The van der Waals surface area contributed by atoms with Crippen molar-refractivity contribution in [2.24, 2.45) is 0 Å². The van der Waals surface area contributed by atoms with Crippen LogP contribution in [0.5, 0.6) is 5.75 Å². The predicted molar refractivity (Wildman–Crippen MR) is 96.8 cm³/mol. The molecule has 2 aromatic rings. The van der Waals surface area contributed by atoms with Crippen molar-refractivity contribution in [1.29, 1.82) is 0 Å². The first kappa shape index (κ1) is 19.4. The van der Waals surface area contributed by atoms with Crippen molar-refractivity contribution in [2.45, 2.75) is 25.1 Å². The van der Waals surface area contributed by atoms with Gasteiger partial charge in [0.15, 0.2) is 0 Å². The van der Waals surface area contributed by atoms with Crippen LogP contribution in [0.15, 0.2) is 42.6 Å². The summed E-state index contributed by atoms with van der Waals surface area (Å²) in [6, 6.07) is 10.6. The van der Waals surface area contributed by atoms with Crippen molar-refractivity contribution >= 4 is 5.95 Å². The maximum atomic E-state index is 12.9. The summed E-state index contributed by atoms with van der Waals surface area (Å²) in [6.07, 6.45) is -1.44. The Morgan fingerprint density at radius 3 is 2.74 bits per heavy atom. The number of para-hydroxylation sites is 1. The molecule has 146 valence electrons. The summed E-state index contributed by atoms with van der Waals surface area (Å²) in [4.78, 5) is 11.7. The molecule has 0 amide bonds. The van der Waals surface area contributed by atoms with E-state index in [1.807, 2.05) is 30.3 Å². The van der Waals surface area contributed by atoms with Gasteiger partial charge in [-0.1, -0.05) is 18.2 Å². The number of rotatable bonds is 6. The maximum Gasteiger partial charge on any atom is 0.433 e. The van der Waals surface area contributed by atoms with Crippen LogP contribution in [0.4, 0.5) is 19.1 Å². The van der Waals surface area contributed by atoms with Crippen molar-refractivity contribution in [2.75, 3.05) is 38.2 Å². The number of benzene rings is 1. The van der Waals surface area contributed by atoms with Crippen molar-refractivity contribution in [3.63, 3.8) is 0 Å². The predicted octanol–water partition coefficient (Wildman–Crippen LogP) is 3.48. The van der Waals surface area contributed by atoms with Crippen LogP contribution in [0.1, 0.15) is 18.5 Å². The quantitative estimate of drug-likeness (QED) is 0.768. The fourth-order valence-corrected chi connectivity index (χ4v) is 3.20. The Morgan fingerprint density at radius 1 is 1.22 bits per heavy atom. The lowest BCUT2D eigenvalue weighted by Gasteiger charge is -2.37. The average molecular weight is 380 g/mol. The number of nitrogens with zero attached hydrogens (tertiary/aromatic N) is 4. The third kappa shape index (κ3) is 5.32. The molecular weight excluding hydrogens is 357 g/mol. The lowest BCUT2D eigenvalue weighted by molar-refractivity contribution is -0.141. The molecule has 1 aliphatic heterocycles. The van der Waals surface area contributed by atoms with Gasteiger partial charge in [-0.3, -0.25) is 4.90 Å². The molecule has 0 saturated carbocycles. The summed E-state index contributed by atoms with van der Waals surface area (Å²) in [7, 11) is 1.75. The number of anilines is 1. The van der Waals surface area contributed by atoms with Gasteiger partial charge >= 0.3 is 6.18 Å². The molecule has 1 aromatic heterocycles. The summed E-state index contributed by atoms with van der Waals surface area (Å²) < 4.78 is 44.4. The fraction of sp³-hybridized carbons (Fsp3) is 0.474. The van der Waals surface area contributed by atoms with Gasteiger partial charge < -0.3 is 9.64 Å². The van der Waals surface area contributed by atoms with E-state index in [2.05, 4.69) is 14.9 Å². The third-order valence-electron chi connectivity index (χ3n) is 4.70. The van der Waals surface area contributed by atoms with Crippen molar-refractivity contribution in [3.8, 4) is 5.75 Å². The largest absolute Gasteiger partial charge is 0.492 e. The minimum absolute atomic E-state index is 0.0685. The van der Waals surface area contributed by atoms with Gasteiger partial charge in [0.05, 0.1) is 0 Å². The molecule has 0 spiro atoms. The van der Waals surface area contributed by atoms with Gasteiger partial charge in [-0.15, -0.1) is 0 Å². The zero-order valence-electron chi connectivity index (χ0n) is 15.2. The van der Waals surface area contributed by atoms with Crippen LogP contribution in [0.25, 0.3) is 0 Å². The number of halogens is 3. The number of ether oxygens (including phenoxy) is 1. The Kier molecular flexibility index (Phi) is 6.15. The van der Waals surface area contributed by atoms with E-state index in [-0.39, 0.29) is 12.0 Å². The molecule has 27 heavy (non-hydrogen) atoms. The topological polar surface area (TPSA) is 41.5 Å². The van der Waals surface area contributed by atoms with Gasteiger partial charge in [-0.2, -0.15) is 13.2 Å². The normalized spacial score (nSPS) is 18.3. The van der Waals surface area contributed by atoms with E-state index in [4.69, 9.17) is 4.74 Å². The van der Waals surface area contributed by atoms with Gasteiger partial charge in [0, 0.05) is 32.4 Å². The Bertz CT molecular complexity index is 726. The molecule has 0 N–H and O–H groups in total. The van der Waals surface area contributed by atoms with Gasteiger partial charge in [-0.05, 0) is 37.6 Å². The highest BCUT2D eigenvalue weighted by molar-refractivity contribution is 5.31. The summed E-state index contributed by atoms with van der Waals surface area (Å²) in [5.74, 6) is 0.942. The minimum Gasteiger partial charge on any atom is -0.492 e. The number of alkyl halides is 3. The van der Waals surface area contributed by atoms with Crippen molar-refractivity contribution < 1.29 is 17.9 Å². The fourth-order valence-electron chi connectivity index (χ4n) is 3.20. The monoisotopic (exact) mass is 380 g/mol. The second kappa shape index (κ2) is 8.56. The summed E-state index contributed by atoms with van der Waals surface area (Å²) in [5.41, 5.74) is -0.914. The average Bonchev–Trinajstić information content (AvgIpc) is 2.68. The van der Waals surface area contributed by atoms with Gasteiger partial charge in [-0.25, -0.2) is 9.97 Å². The standard InChI is InChI=1S/C19H23F3N4O/c1-25(18-23-10-9-17(24-18)19(20,21)22)15-6-5-11-26(14-15)12-13-27-16-7-3-2-4-8-16/h2-4,7-10,15H,5-6,11-14H2,1H3. The molecule has 1 saturated heterocycles. The first-order valence-corrected chi connectivity index (χ1v) is 8.97. The van der Waals surface area contributed by atoms with Crippen LogP contribution in [0.2, 0.25) is 0 Å².